The Morgan fingerprint density at radius 3 is 2.38 bits per heavy atom. The minimum atomic E-state index is -3.16. The van der Waals surface area contributed by atoms with E-state index in [-0.39, 0.29) is 24.0 Å². The van der Waals surface area contributed by atoms with Gasteiger partial charge in [-0.3, -0.25) is 4.90 Å². The van der Waals surface area contributed by atoms with Crippen molar-refractivity contribution in [3.8, 4) is 0 Å². The SMILES string of the molecule is CCNC(=NCc1ccccc1CN1CCOCC1)NCC(C)(C)S(C)(=O)=O.I. The van der Waals surface area contributed by atoms with Gasteiger partial charge >= 0.3 is 0 Å². The molecule has 0 aromatic heterocycles. The van der Waals surface area contributed by atoms with Crippen LogP contribution in [0.4, 0.5) is 0 Å². The van der Waals surface area contributed by atoms with Crippen molar-refractivity contribution in [1.82, 2.24) is 15.5 Å². The van der Waals surface area contributed by atoms with E-state index in [0.29, 0.717) is 25.6 Å². The Hall–Kier alpha value is -0.910. The topological polar surface area (TPSA) is 83.0 Å². The molecule has 1 heterocycles. The standard InChI is InChI=1S/C20H34N4O3S.HI/c1-5-21-19(23-16-20(2,3)28(4,25)26)22-14-17-8-6-7-9-18(17)15-24-10-12-27-13-11-24;/h6-9H,5,10-16H2,1-4H3,(H2,21,22,23);1H. The van der Waals surface area contributed by atoms with Gasteiger partial charge in [0, 0.05) is 39.0 Å². The highest BCUT2D eigenvalue weighted by atomic mass is 127. The lowest BCUT2D eigenvalue weighted by molar-refractivity contribution is 0.0341. The van der Waals surface area contributed by atoms with Gasteiger partial charge in [-0.05, 0) is 31.9 Å². The van der Waals surface area contributed by atoms with Crippen LogP contribution in [0.5, 0.6) is 0 Å². The predicted molar refractivity (Wildman–Crippen MR) is 130 cm³/mol. The summed E-state index contributed by atoms with van der Waals surface area (Å²) in [4.78, 5) is 7.07. The van der Waals surface area contributed by atoms with E-state index in [1.54, 1.807) is 13.8 Å². The fourth-order valence-electron chi connectivity index (χ4n) is 2.80. The molecule has 9 heteroatoms. The number of guanidine groups is 1. The number of morpholine rings is 1. The summed E-state index contributed by atoms with van der Waals surface area (Å²) in [7, 11) is -3.16. The summed E-state index contributed by atoms with van der Waals surface area (Å²) in [6.07, 6.45) is 1.26. The first-order valence-electron chi connectivity index (χ1n) is 9.81. The first kappa shape index (κ1) is 26.1. The lowest BCUT2D eigenvalue weighted by Gasteiger charge is -2.27. The number of halogens is 1. The lowest BCUT2D eigenvalue weighted by Crippen LogP contribution is -2.47. The molecule has 2 N–H and O–H groups in total. The van der Waals surface area contributed by atoms with Crippen molar-refractivity contribution in [3.05, 3.63) is 35.4 Å². The molecule has 1 aromatic rings. The van der Waals surface area contributed by atoms with Gasteiger partial charge in [-0.25, -0.2) is 13.4 Å². The Balaban J connectivity index is 0.00000420. The lowest BCUT2D eigenvalue weighted by atomic mass is 10.1. The number of nitrogens with one attached hydrogen (secondary N) is 2. The molecule has 1 aliphatic rings. The maximum atomic E-state index is 11.9. The molecule has 7 nitrogen and oxygen atoms in total. The molecule has 0 bridgehead atoms. The first-order valence-corrected chi connectivity index (χ1v) is 11.7. The highest BCUT2D eigenvalue weighted by molar-refractivity contribution is 14.0. The third-order valence-electron chi connectivity index (χ3n) is 5.05. The summed E-state index contributed by atoms with van der Waals surface area (Å²) in [5.74, 6) is 0.625. The average Bonchev–Trinajstić information content (AvgIpc) is 2.65. The van der Waals surface area contributed by atoms with Crippen LogP contribution >= 0.6 is 24.0 Å². The molecule has 1 aliphatic heterocycles. The summed E-state index contributed by atoms with van der Waals surface area (Å²) in [5, 5.41) is 6.37. The summed E-state index contributed by atoms with van der Waals surface area (Å²) >= 11 is 0. The van der Waals surface area contributed by atoms with Crippen LogP contribution in [0.3, 0.4) is 0 Å². The highest BCUT2D eigenvalue weighted by Crippen LogP contribution is 2.15. The number of aliphatic imine (C=N–C) groups is 1. The van der Waals surface area contributed by atoms with Crippen LogP contribution in [0.15, 0.2) is 29.3 Å². The molecular formula is C20H35IN4O3S. The molecule has 0 spiro atoms. The number of sulfone groups is 1. The number of ether oxygens (including phenoxy) is 1. The number of hydrogen-bond acceptors (Lipinski definition) is 5. The van der Waals surface area contributed by atoms with Crippen LogP contribution in [-0.2, 0) is 27.7 Å². The first-order chi connectivity index (χ1) is 13.2. The Bertz CT molecular complexity index is 763. The number of benzene rings is 1. The van der Waals surface area contributed by atoms with E-state index < -0.39 is 14.6 Å². The molecule has 0 saturated carbocycles. The van der Waals surface area contributed by atoms with Crippen LogP contribution in [0.2, 0.25) is 0 Å². The minimum Gasteiger partial charge on any atom is -0.379 e. The second kappa shape index (κ2) is 12.1. The Kier molecular flexibility index (Phi) is 10.9. The Morgan fingerprint density at radius 1 is 1.17 bits per heavy atom. The van der Waals surface area contributed by atoms with E-state index in [1.165, 1.54) is 17.4 Å². The van der Waals surface area contributed by atoms with Gasteiger partial charge < -0.3 is 15.4 Å². The Morgan fingerprint density at radius 2 is 1.79 bits per heavy atom. The van der Waals surface area contributed by atoms with Crippen molar-refractivity contribution in [3.63, 3.8) is 0 Å². The van der Waals surface area contributed by atoms with Crippen LogP contribution in [0.25, 0.3) is 0 Å². The van der Waals surface area contributed by atoms with Gasteiger partial charge in [-0.1, -0.05) is 24.3 Å². The maximum absolute atomic E-state index is 11.9. The maximum Gasteiger partial charge on any atom is 0.191 e. The van der Waals surface area contributed by atoms with Gasteiger partial charge in [0.05, 0.1) is 24.5 Å². The zero-order valence-corrected chi connectivity index (χ0v) is 21.0. The summed E-state index contributed by atoms with van der Waals surface area (Å²) in [6.45, 7) is 11.3. The van der Waals surface area contributed by atoms with Crippen molar-refractivity contribution in [2.24, 2.45) is 4.99 Å². The van der Waals surface area contributed by atoms with Crippen LogP contribution in [0.1, 0.15) is 31.9 Å². The van der Waals surface area contributed by atoms with Gasteiger partial charge in [0.15, 0.2) is 15.8 Å². The highest BCUT2D eigenvalue weighted by Gasteiger charge is 2.30. The predicted octanol–water partition coefficient (Wildman–Crippen LogP) is 2.02. The molecule has 1 fully saturated rings. The van der Waals surface area contributed by atoms with Gasteiger partial charge in [0.25, 0.3) is 0 Å². The van der Waals surface area contributed by atoms with E-state index >= 15 is 0 Å². The van der Waals surface area contributed by atoms with Crippen LogP contribution in [-0.4, -0.2) is 69.7 Å². The number of hydrogen-bond donors (Lipinski definition) is 2. The second-order valence-corrected chi connectivity index (χ2v) is 10.4. The Labute approximate surface area is 192 Å². The normalized spacial score (nSPS) is 16.2. The van der Waals surface area contributed by atoms with Crippen molar-refractivity contribution < 1.29 is 13.2 Å². The molecule has 1 aromatic carbocycles. The largest absolute Gasteiger partial charge is 0.379 e. The molecule has 0 atom stereocenters. The quantitative estimate of drug-likeness (QED) is 0.300. The van der Waals surface area contributed by atoms with Crippen molar-refractivity contribution >= 4 is 39.8 Å². The van der Waals surface area contributed by atoms with E-state index in [9.17, 15) is 8.42 Å². The molecule has 0 unspecified atom stereocenters. The fraction of sp³-hybridized carbons (Fsp3) is 0.650. The zero-order valence-electron chi connectivity index (χ0n) is 17.9. The molecule has 166 valence electrons. The molecule has 1 saturated heterocycles. The van der Waals surface area contributed by atoms with E-state index in [0.717, 1.165) is 32.8 Å². The van der Waals surface area contributed by atoms with Gasteiger partial charge in [-0.2, -0.15) is 0 Å². The summed E-state index contributed by atoms with van der Waals surface area (Å²) in [6, 6.07) is 8.33. The smallest absolute Gasteiger partial charge is 0.191 e. The molecule has 0 aliphatic carbocycles. The van der Waals surface area contributed by atoms with Crippen molar-refractivity contribution in [1.29, 1.82) is 0 Å². The van der Waals surface area contributed by atoms with Crippen molar-refractivity contribution in [2.45, 2.75) is 38.6 Å². The van der Waals surface area contributed by atoms with Crippen molar-refractivity contribution in [2.75, 3.05) is 45.6 Å². The third-order valence-corrected chi connectivity index (χ3v) is 7.20. The van der Waals surface area contributed by atoms with E-state index in [1.807, 2.05) is 13.0 Å². The third kappa shape index (κ3) is 8.39. The fourth-order valence-corrected chi connectivity index (χ4v) is 3.13. The summed E-state index contributed by atoms with van der Waals surface area (Å²) in [5.41, 5.74) is 2.44. The van der Waals surface area contributed by atoms with E-state index in [4.69, 9.17) is 4.74 Å². The monoisotopic (exact) mass is 538 g/mol. The average molecular weight is 538 g/mol. The molecular weight excluding hydrogens is 503 g/mol. The number of rotatable bonds is 8. The van der Waals surface area contributed by atoms with Crippen LogP contribution in [0, 0.1) is 0 Å². The zero-order chi connectivity index (χ0) is 20.6. The molecule has 0 amide bonds. The molecule has 29 heavy (non-hydrogen) atoms. The summed E-state index contributed by atoms with van der Waals surface area (Å²) < 4.78 is 28.4. The molecule has 2 rings (SSSR count). The van der Waals surface area contributed by atoms with Crippen LogP contribution < -0.4 is 10.6 Å². The van der Waals surface area contributed by atoms with Gasteiger partial charge in [-0.15, -0.1) is 24.0 Å². The van der Waals surface area contributed by atoms with Gasteiger partial charge in [0.1, 0.15) is 0 Å². The molecule has 0 radical (unpaired) electrons. The second-order valence-electron chi connectivity index (χ2n) is 7.74. The van der Waals surface area contributed by atoms with Gasteiger partial charge in [0.2, 0.25) is 0 Å². The van der Waals surface area contributed by atoms with E-state index in [2.05, 4.69) is 38.7 Å². The number of nitrogens with zero attached hydrogens (tertiary/aromatic N) is 2. The minimum absolute atomic E-state index is 0.